The van der Waals surface area contributed by atoms with Gasteiger partial charge in [0.2, 0.25) is 0 Å². The van der Waals surface area contributed by atoms with Crippen molar-refractivity contribution >= 4 is 28.6 Å². The lowest BCUT2D eigenvalue weighted by atomic mass is 10.0. The van der Waals surface area contributed by atoms with E-state index in [1.165, 1.54) is 12.5 Å². The van der Waals surface area contributed by atoms with Gasteiger partial charge in [0.1, 0.15) is 0 Å². The molecule has 3 aromatic rings. The highest BCUT2D eigenvalue weighted by Crippen LogP contribution is 2.16. The molecule has 3 aromatic carbocycles. The summed E-state index contributed by atoms with van der Waals surface area (Å²) in [6, 6.07) is 21.1. The van der Waals surface area contributed by atoms with Crippen molar-refractivity contribution < 1.29 is 14.3 Å². The summed E-state index contributed by atoms with van der Waals surface area (Å²) >= 11 is 0. The molecule has 0 spiro atoms. The molecule has 0 heterocycles. The molecule has 0 bridgehead atoms. The lowest BCUT2D eigenvalue weighted by Crippen LogP contribution is -2.00. The Morgan fingerprint density at radius 3 is 2.36 bits per heavy atom. The van der Waals surface area contributed by atoms with Gasteiger partial charge in [-0.1, -0.05) is 60.7 Å². The van der Waals surface area contributed by atoms with Crippen molar-refractivity contribution in [2.75, 3.05) is 7.11 Å². The molecule has 0 saturated heterocycles. The van der Waals surface area contributed by atoms with Gasteiger partial charge in [-0.05, 0) is 40.1 Å². The number of hydrogen-bond acceptors (Lipinski definition) is 3. The molecule has 0 aliphatic heterocycles. The van der Waals surface area contributed by atoms with E-state index in [0.717, 1.165) is 16.5 Å². The Labute approximate surface area is 146 Å². The third-order valence-corrected chi connectivity index (χ3v) is 3.99. The number of fused-ring (bicyclic) bond motifs is 1. The van der Waals surface area contributed by atoms with Gasteiger partial charge >= 0.3 is 5.97 Å². The van der Waals surface area contributed by atoms with Crippen LogP contribution < -0.4 is 0 Å². The molecule has 0 N–H and O–H groups in total. The summed E-state index contributed by atoms with van der Waals surface area (Å²) in [6.07, 6.45) is 3.69. The third-order valence-electron chi connectivity index (χ3n) is 3.99. The van der Waals surface area contributed by atoms with E-state index < -0.39 is 0 Å². The predicted octanol–water partition coefficient (Wildman–Crippen LogP) is 4.45. The van der Waals surface area contributed by atoms with E-state index in [9.17, 15) is 9.59 Å². The fourth-order valence-electron chi connectivity index (χ4n) is 2.65. The standard InChI is InChI=1S/C22H18O3/c1-25-22(24)19-11-6-16(7-12-19)9-13-21(23)15-17-8-10-18-4-2-3-5-20(18)14-17/h2-14H,15H2,1H3/b13-9+. The van der Waals surface area contributed by atoms with Gasteiger partial charge < -0.3 is 4.74 Å². The molecule has 25 heavy (non-hydrogen) atoms. The summed E-state index contributed by atoms with van der Waals surface area (Å²) in [5.74, 6) is -0.338. The summed E-state index contributed by atoms with van der Waals surface area (Å²) in [5.41, 5.74) is 2.34. The lowest BCUT2D eigenvalue weighted by molar-refractivity contribution is -0.113. The van der Waals surface area contributed by atoms with Crippen LogP contribution in [0.1, 0.15) is 21.5 Å². The average Bonchev–Trinajstić information content (AvgIpc) is 2.66. The van der Waals surface area contributed by atoms with Crippen LogP contribution in [0.5, 0.6) is 0 Å². The zero-order valence-corrected chi connectivity index (χ0v) is 13.9. The van der Waals surface area contributed by atoms with E-state index >= 15 is 0 Å². The molecular weight excluding hydrogens is 312 g/mol. The van der Waals surface area contributed by atoms with Crippen LogP contribution in [0.2, 0.25) is 0 Å². The van der Waals surface area contributed by atoms with Gasteiger partial charge in [0.25, 0.3) is 0 Å². The minimum Gasteiger partial charge on any atom is -0.465 e. The minimum atomic E-state index is -0.372. The van der Waals surface area contributed by atoms with E-state index in [-0.39, 0.29) is 11.8 Å². The first-order chi connectivity index (χ1) is 12.2. The SMILES string of the molecule is COC(=O)c1ccc(/C=C/C(=O)Cc2ccc3ccccc3c2)cc1. The second kappa shape index (κ2) is 7.58. The quantitative estimate of drug-likeness (QED) is 0.513. The number of carbonyl (C=O) groups excluding carboxylic acids is 2. The van der Waals surface area contributed by atoms with Crippen molar-refractivity contribution in [1.29, 1.82) is 0 Å². The van der Waals surface area contributed by atoms with Crippen LogP contribution >= 0.6 is 0 Å². The molecule has 124 valence electrons. The van der Waals surface area contributed by atoms with Crippen molar-refractivity contribution in [1.82, 2.24) is 0 Å². The highest BCUT2D eigenvalue weighted by molar-refractivity contribution is 5.96. The first-order valence-corrected chi connectivity index (χ1v) is 8.03. The zero-order valence-electron chi connectivity index (χ0n) is 13.9. The molecule has 0 aromatic heterocycles. The Morgan fingerprint density at radius 2 is 1.64 bits per heavy atom. The number of esters is 1. The molecule has 3 nitrogen and oxygen atoms in total. The predicted molar refractivity (Wildman–Crippen MR) is 99.5 cm³/mol. The molecule has 0 radical (unpaired) electrons. The summed E-state index contributed by atoms with van der Waals surface area (Å²) in [4.78, 5) is 23.6. The van der Waals surface area contributed by atoms with Crippen LogP contribution in [-0.4, -0.2) is 18.9 Å². The Balaban J connectivity index is 1.66. The van der Waals surface area contributed by atoms with Gasteiger partial charge in [0.15, 0.2) is 5.78 Å². The molecule has 3 heteroatoms. The smallest absolute Gasteiger partial charge is 0.337 e. The van der Waals surface area contributed by atoms with Crippen molar-refractivity contribution in [2.45, 2.75) is 6.42 Å². The highest BCUT2D eigenvalue weighted by atomic mass is 16.5. The lowest BCUT2D eigenvalue weighted by Gasteiger charge is -2.02. The van der Waals surface area contributed by atoms with Crippen LogP contribution in [0, 0.1) is 0 Å². The fourth-order valence-corrected chi connectivity index (χ4v) is 2.65. The monoisotopic (exact) mass is 330 g/mol. The number of hydrogen-bond donors (Lipinski definition) is 0. The second-order valence-corrected chi connectivity index (χ2v) is 5.77. The van der Waals surface area contributed by atoms with Gasteiger partial charge in [-0.2, -0.15) is 0 Å². The molecule has 3 rings (SSSR count). The number of benzene rings is 3. The molecular formula is C22H18O3. The van der Waals surface area contributed by atoms with Crippen LogP contribution in [0.25, 0.3) is 16.8 Å². The van der Waals surface area contributed by atoms with Crippen molar-refractivity contribution in [3.63, 3.8) is 0 Å². The maximum Gasteiger partial charge on any atom is 0.337 e. The van der Waals surface area contributed by atoms with Crippen LogP contribution in [0.3, 0.4) is 0 Å². The number of ether oxygens (including phenoxy) is 1. The first kappa shape index (κ1) is 16.7. The number of carbonyl (C=O) groups is 2. The first-order valence-electron chi connectivity index (χ1n) is 8.03. The Hall–Kier alpha value is -3.20. The molecule has 0 aliphatic rings. The van der Waals surface area contributed by atoms with Crippen LogP contribution in [0.4, 0.5) is 0 Å². The van der Waals surface area contributed by atoms with Gasteiger partial charge in [0.05, 0.1) is 12.7 Å². The zero-order chi connectivity index (χ0) is 17.6. The van der Waals surface area contributed by atoms with Crippen LogP contribution in [-0.2, 0) is 16.0 Å². The molecule has 0 fully saturated rings. The average molecular weight is 330 g/mol. The molecule has 0 atom stereocenters. The van der Waals surface area contributed by atoms with Crippen molar-refractivity contribution in [2.24, 2.45) is 0 Å². The molecule has 0 unspecified atom stereocenters. The normalized spacial score (nSPS) is 10.9. The van der Waals surface area contributed by atoms with Gasteiger partial charge in [-0.15, -0.1) is 0 Å². The van der Waals surface area contributed by atoms with Crippen molar-refractivity contribution in [3.05, 3.63) is 89.5 Å². The van der Waals surface area contributed by atoms with E-state index in [2.05, 4.69) is 10.8 Å². The minimum absolute atomic E-state index is 0.0346. The maximum absolute atomic E-state index is 12.2. The Bertz CT molecular complexity index is 937. The van der Waals surface area contributed by atoms with E-state index in [1.54, 1.807) is 36.4 Å². The third kappa shape index (κ3) is 4.21. The van der Waals surface area contributed by atoms with Crippen molar-refractivity contribution in [3.8, 4) is 0 Å². The fraction of sp³-hybridized carbons (Fsp3) is 0.0909. The van der Waals surface area contributed by atoms with Gasteiger partial charge in [-0.3, -0.25) is 4.79 Å². The molecule has 0 aliphatic carbocycles. The summed E-state index contributed by atoms with van der Waals surface area (Å²) in [7, 11) is 1.35. The molecule has 0 saturated carbocycles. The number of methoxy groups -OCH3 is 1. The molecule has 0 amide bonds. The van der Waals surface area contributed by atoms with Gasteiger partial charge in [-0.25, -0.2) is 4.79 Å². The highest BCUT2D eigenvalue weighted by Gasteiger charge is 2.04. The second-order valence-electron chi connectivity index (χ2n) is 5.77. The summed E-state index contributed by atoms with van der Waals surface area (Å²) in [5, 5.41) is 2.30. The van der Waals surface area contributed by atoms with Crippen LogP contribution in [0.15, 0.2) is 72.8 Å². The maximum atomic E-state index is 12.2. The largest absolute Gasteiger partial charge is 0.465 e. The summed E-state index contributed by atoms with van der Waals surface area (Å²) < 4.78 is 4.66. The van der Waals surface area contributed by atoms with E-state index in [0.29, 0.717) is 12.0 Å². The number of rotatable bonds is 5. The Morgan fingerprint density at radius 1 is 0.920 bits per heavy atom. The Kier molecular flexibility index (Phi) is 5.05. The van der Waals surface area contributed by atoms with Gasteiger partial charge in [0, 0.05) is 6.42 Å². The number of ketones is 1. The van der Waals surface area contributed by atoms with E-state index in [4.69, 9.17) is 0 Å². The van der Waals surface area contributed by atoms with E-state index in [1.807, 2.05) is 36.4 Å². The summed E-state index contributed by atoms with van der Waals surface area (Å²) in [6.45, 7) is 0. The topological polar surface area (TPSA) is 43.4 Å². The number of allylic oxidation sites excluding steroid dienone is 1.